The van der Waals surface area contributed by atoms with Gasteiger partial charge in [-0.25, -0.2) is 0 Å². The molecule has 0 unspecified atom stereocenters. The van der Waals surface area contributed by atoms with Gasteiger partial charge in [0.1, 0.15) is 5.75 Å². The maximum Gasteiger partial charge on any atom is 0.282 e. The highest BCUT2D eigenvalue weighted by Crippen LogP contribution is 2.21. The number of benzene rings is 1. The Morgan fingerprint density at radius 1 is 1.03 bits per heavy atom. The van der Waals surface area contributed by atoms with Gasteiger partial charge in [-0.2, -0.15) is 9.67 Å². The number of methoxy groups -OCH3 is 1. The number of anilines is 1. The van der Waals surface area contributed by atoms with Crippen LogP contribution >= 0.6 is 0 Å². The van der Waals surface area contributed by atoms with Crippen LogP contribution in [0.3, 0.4) is 0 Å². The smallest absolute Gasteiger partial charge is 0.282 e. The zero-order valence-corrected chi connectivity index (χ0v) is 15.7. The second-order valence-electron chi connectivity index (χ2n) is 6.12. The second-order valence-corrected chi connectivity index (χ2v) is 6.12. The molecule has 0 aliphatic carbocycles. The zero-order valence-electron chi connectivity index (χ0n) is 15.7. The summed E-state index contributed by atoms with van der Waals surface area (Å²) in [5.41, 5.74) is 2.06. The number of aromatic nitrogens is 5. The fraction of sp³-hybridized carbons (Fsp3) is 0.0952. The average molecular weight is 386 g/mol. The molecule has 0 bridgehead atoms. The van der Waals surface area contributed by atoms with Gasteiger partial charge < -0.3 is 10.1 Å². The van der Waals surface area contributed by atoms with E-state index in [0.717, 1.165) is 11.3 Å². The molecule has 8 heteroatoms. The lowest BCUT2D eigenvalue weighted by Crippen LogP contribution is -2.17. The lowest BCUT2D eigenvalue weighted by molar-refractivity contribution is 0.0947. The third-order valence-electron chi connectivity index (χ3n) is 4.26. The Balaban J connectivity index is 1.69. The SMILES string of the molecule is COc1ccccc1CNc1nc(-c2cccnc2)nn1C(=O)c1cccnc1. The van der Waals surface area contributed by atoms with Crippen LogP contribution in [0.5, 0.6) is 5.75 Å². The van der Waals surface area contributed by atoms with Gasteiger partial charge in [-0.05, 0) is 30.3 Å². The van der Waals surface area contributed by atoms with Crippen LogP contribution < -0.4 is 10.1 Å². The molecule has 1 N–H and O–H groups in total. The minimum Gasteiger partial charge on any atom is -0.496 e. The van der Waals surface area contributed by atoms with Crippen LogP contribution in [0.15, 0.2) is 73.3 Å². The number of para-hydroxylation sites is 1. The summed E-state index contributed by atoms with van der Waals surface area (Å²) in [6, 6.07) is 14.7. The number of ether oxygens (including phenoxy) is 1. The van der Waals surface area contributed by atoms with E-state index in [1.54, 1.807) is 43.9 Å². The van der Waals surface area contributed by atoms with Crippen LogP contribution in [0.4, 0.5) is 5.95 Å². The van der Waals surface area contributed by atoms with Crippen molar-refractivity contribution in [3.05, 3.63) is 84.4 Å². The van der Waals surface area contributed by atoms with Gasteiger partial charge in [0, 0.05) is 42.5 Å². The van der Waals surface area contributed by atoms with Gasteiger partial charge in [-0.1, -0.05) is 18.2 Å². The van der Waals surface area contributed by atoms with Crippen LogP contribution in [0.1, 0.15) is 15.9 Å². The van der Waals surface area contributed by atoms with Crippen LogP contribution in [0.2, 0.25) is 0 Å². The molecule has 0 spiro atoms. The van der Waals surface area contributed by atoms with Crippen molar-refractivity contribution in [2.24, 2.45) is 0 Å². The molecule has 1 aromatic carbocycles. The Hall–Kier alpha value is -4.07. The topological polar surface area (TPSA) is 94.8 Å². The summed E-state index contributed by atoms with van der Waals surface area (Å²) < 4.78 is 6.63. The van der Waals surface area contributed by atoms with Gasteiger partial charge in [-0.15, -0.1) is 5.10 Å². The molecule has 0 amide bonds. The number of pyridine rings is 2. The van der Waals surface area contributed by atoms with Gasteiger partial charge in [0.05, 0.1) is 12.7 Å². The van der Waals surface area contributed by atoms with Gasteiger partial charge in [0.15, 0.2) is 5.82 Å². The van der Waals surface area contributed by atoms with Crippen molar-refractivity contribution >= 4 is 11.9 Å². The number of carbonyl (C=O) groups is 1. The Labute approximate surface area is 167 Å². The van der Waals surface area contributed by atoms with Gasteiger partial charge in [-0.3, -0.25) is 14.8 Å². The second kappa shape index (κ2) is 8.30. The van der Waals surface area contributed by atoms with E-state index in [2.05, 4.69) is 25.4 Å². The Kier molecular flexibility index (Phi) is 5.24. The molecule has 4 aromatic rings. The molecule has 0 saturated carbocycles. The largest absolute Gasteiger partial charge is 0.496 e. The van der Waals surface area contributed by atoms with Crippen LogP contribution in [0, 0.1) is 0 Å². The maximum absolute atomic E-state index is 13.0. The summed E-state index contributed by atoms with van der Waals surface area (Å²) in [5.74, 6) is 1.14. The molecule has 0 radical (unpaired) electrons. The number of nitrogens with one attached hydrogen (secondary N) is 1. The van der Waals surface area contributed by atoms with Crippen molar-refractivity contribution in [3.63, 3.8) is 0 Å². The van der Waals surface area contributed by atoms with E-state index in [0.29, 0.717) is 29.4 Å². The van der Waals surface area contributed by atoms with Crippen molar-refractivity contribution < 1.29 is 9.53 Å². The number of nitrogens with zero attached hydrogens (tertiary/aromatic N) is 5. The zero-order chi connectivity index (χ0) is 20.1. The normalized spacial score (nSPS) is 10.5. The summed E-state index contributed by atoms with van der Waals surface area (Å²) in [6.07, 6.45) is 6.43. The standard InChI is InChI=1S/C21H18N6O2/c1-29-18-9-3-2-6-15(18)14-24-21-25-19(16-7-4-10-22-12-16)26-27(21)20(28)17-8-5-11-23-13-17/h2-13H,14H2,1H3,(H,24,25,26). The van der Waals surface area contributed by atoms with Crippen molar-refractivity contribution in [2.45, 2.75) is 6.54 Å². The highest BCUT2D eigenvalue weighted by molar-refractivity contribution is 5.96. The van der Waals surface area contributed by atoms with Crippen LogP contribution in [0.25, 0.3) is 11.4 Å². The van der Waals surface area contributed by atoms with Crippen molar-refractivity contribution in [1.29, 1.82) is 0 Å². The van der Waals surface area contributed by atoms with Crippen LogP contribution in [-0.2, 0) is 6.54 Å². The lowest BCUT2D eigenvalue weighted by Gasteiger charge is -2.10. The lowest BCUT2D eigenvalue weighted by atomic mass is 10.2. The fourth-order valence-corrected chi connectivity index (χ4v) is 2.82. The van der Waals surface area contributed by atoms with E-state index < -0.39 is 0 Å². The molecule has 0 aliphatic rings. The Morgan fingerprint density at radius 3 is 2.55 bits per heavy atom. The van der Waals surface area contributed by atoms with E-state index in [4.69, 9.17) is 4.74 Å². The Bertz CT molecular complexity index is 1110. The molecule has 3 aromatic heterocycles. The first kappa shape index (κ1) is 18.3. The molecule has 0 atom stereocenters. The molecule has 4 rings (SSSR count). The molecule has 0 saturated heterocycles. The molecule has 144 valence electrons. The van der Waals surface area contributed by atoms with E-state index in [-0.39, 0.29) is 5.91 Å². The fourth-order valence-electron chi connectivity index (χ4n) is 2.82. The molecular weight excluding hydrogens is 368 g/mol. The highest BCUT2D eigenvalue weighted by Gasteiger charge is 2.19. The third-order valence-corrected chi connectivity index (χ3v) is 4.26. The van der Waals surface area contributed by atoms with Crippen molar-refractivity contribution in [1.82, 2.24) is 24.7 Å². The van der Waals surface area contributed by atoms with E-state index >= 15 is 0 Å². The highest BCUT2D eigenvalue weighted by atomic mass is 16.5. The summed E-state index contributed by atoms with van der Waals surface area (Å²) in [4.78, 5) is 25.6. The summed E-state index contributed by atoms with van der Waals surface area (Å²) in [5, 5.41) is 7.60. The number of carbonyl (C=O) groups excluding carboxylic acids is 1. The summed E-state index contributed by atoms with van der Waals surface area (Å²) in [6.45, 7) is 0.412. The van der Waals surface area contributed by atoms with Crippen molar-refractivity contribution in [3.8, 4) is 17.1 Å². The molecule has 3 heterocycles. The minimum atomic E-state index is -0.330. The quantitative estimate of drug-likeness (QED) is 0.544. The van der Waals surface area contributed by atoms with E-state index in [1.165, 1.54) is 10.9 Å². The van der Waals surface area contributed by atoms with Gasteiger partial charge in [0.2, 0.25) is 5.95 Å². The predicted octanol–water partition coefficient (Wildman–Crippen LogP) is 3.04. The predicted molar refractivity (Wildman–Crippen MR) is 108 cm³/mol. The molecule has 0 fully saturated rings. The maximum atomic E-state index is 13.0. The molecule has 29 heavy (non-hydrogen) atoms. The first-order valence-electron chi connectivity index (χ1n) is 8.94. The van der Waals surface area contributed by atoms with Gasteiger partial charge >= 0.3 is 0 Å². The number of rotatable bonds is 6. The molecule has 0 aliphatic heterocycles. The van der Waals surface area contributed by atoms with Crippen molar-refractivity contribution in [2.75, 3.05) is 12.4 Å². The molecule has 8 nitrogen and oxygen atoms in total. The van der Waals surface area contributed by atoms with E-state index in [9.17, 15) is 4.79 Å². The monoisotopic (exact) mass is 386 g/mol. The van der Waals surface area contributed by atoms with E-state index in [1.807, 2.05) is 30.3 Å². The summed E-state index contributed by atoms with van der Waals surface area (Å²) >= 11 is 0. The minimum absolute atomic E-state index is 0.323. The average Bonchev–Trinajstić information content (AvgIpc) is 3.23. The Morgan fingerprint density at radius 2 is 1.83 bits per heavy atom. The number of hydrogen-bond acceptors (Lipinski definition) is 7. The van der Waals surface area contributed by atoms with Gasteiger partial charge in [0.25, 0.3) is 5.91 Å². The van der Waals surface area contributed by atoms with Crippen LogP contribution in [-0.4, -0.2) is 37.7 Å². The first-order valence-corrected chi connectivity index (χ1v) is 8.94. The first-order chi connectivity index (χ1) is 14.3. The molecular formula is C21H18N6O2. The number of hydrogen-bond donors (Lipinski definition) is 1. The summed E-state index contributed by atoms with van der Waals surface area (Å²) in [7, 11) is 1.62. The third kappa shape index (κ3) is 3.96.